The zero-order valence-corrected chi connectivity index (χ0v) is 10.4. The van der Waals surface area contributed by atoms with Crippen LogP contribution in [0.15, 0.2) is 47.5 Å². The average molecular weight is 258 g/mol. The van der Waals surface area contributed by atoms with Crippen LogP contribution in [-0.4, -0.2) is 16.0 Å². The van der Waals surface area contributed by atoms with Crippen LogP contribution in [0.5, 0.6) is 0 Å². The topological polar surface area (TPSA) is 82.2 Å². The number of nitrogens with one attached hydrogen (secondary N) is 2. The Bertz CT molecular complexity index is 630. The zero-order valence-electron chi connectivity index (χ0n) is 10.4. The van der Waals surface area contributed by atoms with Crippen LogP contribution >= 0.6 is 0 Å². The molecule has 5 heteroatoms. The van der Waals surface area contributed by atoms with Crippen molar-refractivity contribution in [1.82, 2.24) is 4.98 Å². The minimum absolute atomic E-state index is 0.0575. The Morgan fingerprint density at radius 3 is 2.53 bits per heavy atom. The summed E-state index contributed by atoms with van der Waals surface area (Å²) in [6.07, 6.45) is 2.28. The van der Waals surface area contributed by atoms with Crippen molar-refractivity contribution in [2.45, 2.75) is 13.0 Å². The van der Waals surface area contributed by atoms with Crippen molar-refractivity contribution in [3.8, 4) is 0 Å². The van der Waals surface area contributed by atoms with Crippen LogP contribution in [0.4, 0.5) is 5.69 Å². The number of carbonyl (C=O) groups excluding carboxylic acids is 1. The molecule has 2 aromatic rings. The normalized spacial score (nSPS) is 11.9. The largest absolute Gasteiger partial charge is 0.389 e. The molecule has 0 spiro atoms. The minimum Gasteiger partial charge on any atom is -0.389 e. The highest BCUT2D eigenvalue weighted by Gasteiger charge is 2.09. The van der Waals surface area contributed by atoms with E-state index in [1.165, 1.54) is 18.5 Å². The van der Waals surface area contributed by atoms with Gasteiger partial charge in [-0.1, -0.05) is 12.1 Å². The Morgan fingerprint density at radius 1 is 1.26 bits per heavy atom. The van der Waals surface area contributed by atoms with Crippen LogP contribution in [0.1, 0.15) is 28.9 Å². The van der Waals surface area contributed by atoms with Crippen molar-refractivity contribution in [3.05, 3.63) is 64.1 Å². The van der Waals surface area contributed by atoms with Crippen LogP contribution in [0.25, 0.3) is 0 Å². The van der Waals surface area contributed by atoms with Gasteiger partial charge in [0.2, 0.25) is 0 Å². The standard InChI is InChI=1S/C14H14N2O3/c1-9(17)10-2-4-11(5-3-10)16-14(19)12-8-15-7-6-13(12)18/h2-9,17H,1H3,(H,15,18)(H,16,19). The van der Waals surface area contributed by atoms with Gasteiger partial charge in [-0.25, -0.2) is 0 Å². The Kier molecular flexibility index (Phi) is 3.77. The molecular weight excluding hydrogens is 244 g/mol. The molecule has 5 nitrogen and oxygen atoms in total. The van der Waals surface area contributed by atoms with E-state index in [1.54, 1.807) is 31.2 Å². The Labute approximate surface area is 109 Å². The first kappa shape index (κ1) is 13.0. The molecule has 0 fully saturated rings. The molecule has 0 bridgehead atoms. The van der Waals surface area contributed by atoms with Gasteiger partial charge in [-0.05, 0) is 24.6 Å². The number of carbonyl (C=O) groups is 1. The number of pyridine rings is 1. The lowest BCUT2D eigenvalue weighted by molar-refractivity contribution is 0.102. The number of aliphatic hydroxyl groups is 1. The van der Waals surface area contributed by atoms with E-state index in [-0.39, 0.29) is 11.0 Å². The predicted molar refractivity (Wildman–Crippen MR) is 72.1 cm³/mol. The predicted octanol–water partition coefficient (Wildman–Crippen LogP) is 1.68. The van der Waals surface area contributed by atoms with Crippen molar-refractivity contribution in [3.63, 3.8) is 0 Å². The number of hydrogen-bond donors (Lipinski definition) is 3. The Hall–Kier alpha value is -2.40. The van der Waals surface area contributed by atoms with Crippen molar-refractivity contribution < 1.29 is 9.90 Å². The van der Waals surface area contributed by atoms with E-state index >= 15 is 0 Å². The molecule has 0 aliphatic heterocycles. The molecule has 98 valence electrons. The summed E-state index contributed by atoms with van der Waals surface area (Å²) >= 11 is 0. The summed E-state index contributed by atoms with van der Waals surface area (Å²) in [4.78, 5) is 26.1. The molecule has 1 aromatic carbocycles. The summed E-state index contributed by atoms with van der Waals surface area (Å²) in [6.45, 7) is 1.66. The second kappa shape index (κ2) is 5.49. The van der Waals surface area contributed by atoms with Crippen molar-refractivity contribution in [1.29, 1.82) is 0 Å². The molecule has 3 N–H and O–H groups in total. The molecule has 1 aromatic heterocycles. The fourth-order valence-corrected chi connectivity index (χ4v) is 1.64. The average Bonchev–Trinajstić information content (AvgIpc) is 2.39. The van der Waals surface area contributed by atoms with Gasteiger partial charge in [0.15, 0.2) is 5.43 Å². The SMILES string of the molecule is CC(O)c1ccc(NC(=O)c2c[nH]ccc2=O)cc1. The van der Waals surface area contributed by atoms with Gasteiger partial charge in [-0.15, -0.1) is 0 Å². The number of aromatic amines is 1. The van der Waals surface area contributed by atoms with Gasteiger partial charge in [0.25, 0.3) is 5.91 Å². The van der Waals surface area contributed by atoms with Gasteiger partial charge < -0.3 is 15.4 Å². The lowest BCUT2D eigenvalue weighted by atomic mass is 10.1. The maximum Gasteiger partial charge on any atom is 0.261 e. The first-order valence-corrected chi connectivity index (χ1v) is 5.84. The number of aromatic nitrogens is 1. The van der Waals surface area contributed by atoms with E-state index in [0.717, 1.165) is 5.56 Å². The molecule has 0 saturated carbocycles. The lowest BCUT2D eigenvalue weighted by Crippen LogP contribution is -2.20. The summed E-state index contributed by atoms with van der Waals surface area (Å²) in [5.74, 6) is -0.466. The van der Waals surface area contributed by atoms with Crippen molar-refractivity contribution in [2.24, 2.45) is 0 Å². The van der Waals surface area contributed by atoms with E-state index in [4.69, 9.17) is 0 Å². The first-order chi connectivity index (χ1) is 9.08. The molecule has 0 aliphatic carbocycles. The number of amides is 1. The number of hydrogen-bond acceptors (Lipinski definition) is 3. The third-order valence-corrected chi connectivity index (χ3v) is 2.72. The van der Waals surface area contributed by atoms with Crippen molar-refractivity contribution >= 4 is 11.6 Å². The third-order valence-electron chi connectivity index (χ3n) is 2.72. The second-order valence-electron chi connectivity index (χ2n) is 4.17. The summed E-state index contributed by atoms with van der Waals surface area (Å²) in [5, 5.41) is 12.0. The molecule has 0 aliphatic rings. The van der Waals surface area contributed by atoms with E-state index in [2.05, 4.69) is 10.3 Å². The highest BCUT2D eigenvalue weighted by atomic mass is 16.3. The number of H-pyrrole nitrogens is 1. The minimum atomic E-state index is -0.554. The van der Waals surface area contributed by atoms with Gasteiger partial charge in [0.05, 0.1) is 6.10 Å². The maximum atomic E-state index is 11.9. The summed E-state index contributed by atoms with van der Waals surface area (Å²) in [6, 6.07) is 8.09. The molecule has 19 heavy (non-hydrogen) atoms. The Morgan fingerprint density at radius 2 is 1.95 bits per heavy atom. The van der Waals surface area contributed by atoms with E-state index in [0.29, 0.717) is 5.69 Å². The number of rotatable bonds is 3. The summed E-state index contributed by atoms with van der Waals surface area (Å²) < 4.78 is 0. The third kappa shape index (κ3) is 3.08. The summed E-state index contributed by atoms with van der Waals surface area (Å²) in [5.41, 5.74) is 1.05. The molecule has 1 unspecified atom stereocenters. The van der Waals surface area contributed by atoms with Crippen LogP contribution in [-0.2, 0) is 0 Å². The monoisotopic (exact) mass is 258 g/mol. The van der Waals surface area contributed by atoms with E-state index in [9.17, 15) is 14.7 Å². The molecule has 0 radical (unpaired) electrons. The van der Waals surface area contributed by atoms with Crippen molar-refractivity contribution in [2.75, 3.05) is 5.32 Å². The van der Waals surface area contributed by atoms with Crippen LogP contribution < -0.4 is 10.7 Å². The Balaban J connectivity index is 2.15. The van der Waals surface area contributed by atoms with E-state index in [1.807, 2.05) is 0 Å². The smallest absolute Gasteiger partial charge is 0.261 e. The fraction of sp³-hybridized carbons (Fsp3) is 0.143. The second-order valence-corrected chi connectivity index (χ2v) is 4.17. The number of benzene rings is 1. The molecule has 0 saturated heterocycles. The van der Waals surface area contributed by atoms with Gasteiger partial charge in [0, 0.05) is 24.1 Å². The van der Waals surface area contributed by atoms with Crippen LogP contribution in [0, 0.1) is 0 Å². The lowest BCUT2D eigenvalue weighted by Gasteiger charge is -2.07. The first-order valence-electron chi connectivity index (χ1n) is 5.84. The molecule has 1 atom stereocenters. The molecule has 2 rings (SSSR count). The number of aliphatic hydroxyl groups excluding tert-OH is 1. The van der Waals surface area contributed by atoms with E-state index < -0.39 is 12.0 Å². The molecular formula is C14H14N2O3. The zero-order chi connectivity index (χ0) is 13.8. The van der Waals surface area contributed by atoms with Gasteiger partial charge >= 0.3 is 0 Å². The quantitative estimate of drug-likeness (QED) is 0.783. The highest BCUT2D eigenvalue weighted by molar-refractivity contribution is 6.03. The van der Waals surface area contributed by atoms with Gasteiger partial charge in [-0.2, -0.15) is 0 Å². The number of anilines is 1. The van der Waals surface area contributed by atoms with Crippen LogP contribution in [0.2, 0.25) is 0 Å². The van der Waals surface area contributed by atoms with Crippen LogP contribution in [0.3, 0.4) is 0 Å². The molecule has 1 heterocycles. The fourth-order valence-electron chi connectivity index (χ4n) is 1.64. The maximum absolute atomic E-state index is 11.9. The molecule has 1 amide bonds. The highest BCUT2D eigenvalue weighted by Crippen LogP contribution is 2.15. The summed E-state index contributed by atoms with van der Waals surface area (Å²) in [7, 11) is 0. The van der Waals surface area contributed by atoms with Gasteiger partial charge in [0.1, 0.15) is 5.56 Å². The van der Waals surface area contributed by atoms with Gasteiger partial charge in [-0.3, -0.25) is 9.59 Å².